The molecule has 1 unspecified atom stereocenters. The molecule has 3 heteroatoms. The summed E-state index contributed by atoms with van der Waals surface area (Å²) in [6.07, 6.45) is 0.987. The Morgan fingerprint density at radius 1 is 1.38 bits per heavy atom. The minimum absolute atomic E-state index is 0. The van der Waals surface area contributed by atoms with Gasteiger partial charge in [0.05, 0.1) is 0 Å². The summed E-state index contributed by atoms with van der Waals surface area (Å²) >= 11 is 0. The highest BCUT2D eigenvalue weighted by molar-refractivity contribution is 5.94. The molecular formula is C13H18ClNO. The Bertz CT molecular complexity index is 428. The number of fused-ring (bicyclic) bond motifs is 1. The third-order valence-electron chi connectivity index (χ3n) is 3.13. The predicted octanol–water partition coefficient (Wildman–Crippen LogP) is 3.02. The highest BCUT2D eigenvalue weighted by atomic mass is 35.5. The second-order valence-electron chi connectivity index (χ2n) is 4.52. The Labute approximate surface area is 103 Å². The van der Waals surface area contributed by atoms with Crippen molar-refractivity contribution in [1.29, 1.82) is 0 Å². The lowest BCUT2D eigenvalue weighted by atomic mass is 10.0. The van der Waals surface area contributed by atoms with Crippen LogP contribution in [0.25, 0.3) is 0 Å². The van der Waals surface area contributed by atoms with E-state index in [-0.39, 0.29) is 18.3 Å². The van der Waals surface area contributed by atoms with Crippen LogP contribution in [0.3, 0.4) is 0 Å². The van der Waals surface area contributed by atoms with E-state index in [1.54, 1.807) is 6.92 Å². The zero-order chi connectivity index (χ0) is 11.2. The van der Waals surface area contributed by atoms with Crippen molar-refractivity contribution in [2.75, 3.05) is 4.90 Å². The summed E-state index contributed by atoms with van der Waals surface area (Å²) in [6, 6.07) is 4.61. The zero-order valence-electron chi connectivity index (χ0n) is 10.2. The first-order valence-electron chi connectivity index (χ1n) is 5.40. The van der Waals surface area contributed by atoms with Gasteiger partial charge in [0.1, 0.15) is 0 Å². The summed E-state index contributed by atoms with van der Waals surface area (Å²) < 4.78 is 0. The first-order valence-corrected chi connectivity index (χ1v) is 5.40. The van der Waals surface area contributed by atoms with E-state index in [4.69, 9.17) is 0 Å². The van der Waals surface area contributed by atoms with Crippen molar-refractivity contribution in [3.8, 4) is 0 Å². The Balaban J connectivity index is 0.00000128. The number of nitrogens with zero attached hydrogens (tertiary/aromatic N) is 1. The van der Waals surface area contributed by atoms with E-state index in [1.165, 1.54) is 16.7 Å². The molecule has 0 aromatic heterocycles. The van der Waals surface area contributed by atoms with Gasteiger partial charge >= 0.3 is 0 Å². The molecule has 88 valence electrons. The molecule has 1 atom stereocenters. The Kier molecular flexibility index (Phi) is 3.64. The molecule has 1 amide bonds. The van der Waals surface area contributed by atoms with E-state index in [1.807, 2.05) is 4.90 Å². The minimum Gasteiger partial charge on any atom is -0.309 e. The van der Waals surface area contributed by atoms with E-state index < -0.39 is 0 Å². The van der Waals surface area contributed by atoms with Crippen molar-refractivity contribution >= 4 is 24.0 Å². The maximum absolute atomic E-state index is 11.6. The van der Waals surface area contributed by atoms with Crippen molar-refractivity contribution in [2.24, 2.45) is 0 Å². The van der Waals surface area contributed by atoms with E-state index >= 15 is 0 Å². The summed E-state index contributed by atoms with van der Waals surface area (Å²) in [5.41, 5.74) is 4.99. The van der Waals surface area contributed by atoms with Gasteiger partial charge in [-0.2, -0.15) is 0 Å². The molecule has 0 radical (unpaired) electrons. The van der Waals surface area contributed by atoms with Crippen LogP contribution in [-0.2, 0) is 11.2 Å². The number of hydrogen-bond donors (Lipinski definition) is 0. The molecule has 0 N–H and O–H groups in total. The number of rotatable bonds is 0. The normalized spacial score (nSPS) is 18.0. The van der Waals surface area contributed by atoms with E-state index in [0.717, 1.165) is 12.1 Å². The maximum atomic E-state index is 11.6. The third kappa shape index (κ3) is 1.94. The minimum atomic E-state index is 0. The van der Waals surface area contributed by atoms with Crippen molar-refractivity contribution < 1.29 is 4.79 Å². The average molecular weight is 240 g/mol. The second kappa shape index (κ2) is 4.46. The smallest absolute Gasteiger partial charge is 0.224 e. The summed E-state index contributed by atoms with van der Waals surface area (Å²) in [7, 11) is 0. The molecule has 1 aromatic carbocycles. The molecule has 0 saturated carbocycles. The molecule has 0 bridgehead atoms. The van der Waals surface area contributed by atoms with Crippen LogP contribution >= 0.6 is 12.4 Å². The molecule has 2 nitrogen and oxygen atoms in total. The summed E-state index contributed by atoms with van der Waals surface area (Å²) in [6.45, 7) is 7.95. The molecule has 1 aliphatic rings. The van der Waals surface area contributed by atoms with Crippen molar-refractivity contribution in [3.05, 3.63) is 28.8 Å². The first-order chi connectivity index (χ1) is 7.00. The van der Waals surface area contributed by atoms with Crippen LogP contribution in [0.1, 0.15) is 30.5 Å². The quantitative estimate of drug-likeness (QED) is 0.682. The Morgan fingerprint density at radius 3 is 2.56 bits per heavy atom. The molecule has 16 heavy (non-hydrogen) atoms. The monoisotopic (exact) mass is 239 g/mol. The van der Waals surface area contributed by atoms with E-state index in [0.29, 0.717) is 6.04 Å². The van der Waals surface area contributed by atoms with Crippen LogP contribution in [0.2, 0.25) is 0 Å². The van der Waals surface area contributed by atoms with Gasteiger partial charge in [-0.25, -0.2) is 0 Å². The average Bonchev–Trinajstić information content (AvgIpc) is 2.41. The molecule has 0 aliphatic carbocycles. The highest BCUT2D eigenvalue weighted by Gasteiger charge is 2.29. The van der Waals surface area contributed by atoms with Crippen LogP contribution in [0.4, 0.5) is 5.69 Å². The molecular weight excluding hydrogens is 222 g/mol. The number of hydrogen-bond acceptors (Lipinski definition) is 1. The number of amides is 1. The van der Waals surface area contributed by atoms with Crippen LogP contribution in [0.15, 0.2) is 12.1 Å². The first kappa shape index (κ1) is 13.0. The fraction of sp³-hybridized carbons (Fsp3) is 0.462. The van der Waals surface area contributed by atoms with Crippen molar-refractivity contribution in [3.63, 3.8) is 0 Å². The standard InChI is InChI=1S/C13H17NO.ClH/c1-8-5-9(2)12-7-10(3)14(11(4)15)13(12)6-8;/h5-6,10H,7H2,1-4H3;1H. The summed E-state index contributed by atoms with van der Waals surface area (Å²) in [4.78, 5) is 13.5. The molecule has 2 rings (SSSR count). The van der Waals surface area contributed by atoms with Gasteiger partial charge in [0.15, 0.2) is 0 Å². The Morgan fingerprint density at radius 2 is 2.00 bits per heavy atom. The number of carbonyl (C=O) groups excluding carboxylic acids is 1. The van der Waals surface area contributed by atoms with Gasteiger partial charge in [-0.05, 0) is 49.9 Å². The lowest BCUT2D eigenvalue weighted by Gasteiger charge is -2.21. The highest BCUT2D eigenvalue weighted by Crippen LogP contribution is 2.35. The van der Waals surface area contributed by atoms with Crippen molar-refractivity contribution in [1.82, 2.24) is 0 Å². The number of carbonyl (C=O) groups is 1. The fourth-order valence-corrected chi connectivity index (χ4v) is 2.56. The second-order valence-corrected chi connectivity index (χ2v) is 4.52. The molecule has 1 heterocycles. The van der Waals surface area contributed by atoms with Crippen LogP contribution in [0, 0.1) is 13.8 Å². The van der Waals surface area contributed by atoms with Crippen LogP contribution in [-0.4, -0.2) is 11.9 Å². The Hall–Kier alpha value is -1.02. The van der Waals surface area contributed by atoms with Gasteiger partial charge in [-0.15, -0.1) is 12.4 Å². The van der Waals surface area contributed by atoms with Gasteiger partial charge in [-0.3, -0.25) is 4.79 Å². The van der Waals surface area contributed by atoms with Gasteiger partial charge < -0.3 is 4.90 Å². The van der Waals surface area contributed by atoms with E-state index in [9.17, 15) is 4.79 Å². The van der Waals surface area contributed by atoms with Crippen LogP contribution in [0.5, 0.6) is 0 Å². The number of aryl methyl sites for hydroxylation is 2. The number of anilines is 1. The predicted molar refractivity (Wildman–Crippen MR) is 69.5 cm³/mol. The number of benzene rings is 1. The maximum Gasteiger partial charge on any atom is 0.224 e. The molecule has 0 fully saturated rings. The van der Waals surface area contributed by atoms with Gasteiger partial charge in [-0.1, -0.05) is 6.07 Å². The van der Waals surface area contributed by atoms with Crippen molar-refractivity contribution in [2.45, 2.75) is 40.2 Å². The third-order valence-corrected chi connectivity index (χ3v) is 3.13. The van der Waals surface area contributed by atoms with Gasteiger partial charge in [0, 0.05) is 18.7 Å². The summed E-state index contributed by atoms with van der Waals surface area (Å²) in [5.74, 6) is 0.145. The van der Waals surface area contributed by atoms with E-state index in [2.05, 4.69) is 32.9 Å². The topological polar surface area (TPSA) is 20.3 Å². The molecule has 1 aliphatic heterocycles. The molecule has 1 aromatic rings. The van der Waals surface area contributed by atoms with Gasteiger partial charge in [0.2, 0.25) is 5.91 Å². The lowest BCUT2D eigenvalue weighted by molar-refractivity contribution is -0.116. The summed E-state index contributed by atoms with van der Waals surface area (Å²) in [5, 5.41) is 0. The number of halogens is 1. The van der Waals surface area contributed by atoms with Crippen LogP contribution < -0.4 is 4.90 Å². The molecule has 0 spiro atoms. The van der Waals surface area contributed by atoms with Gasteiger partial charge in [0.25, 0.3) is 0 Å². The SMILES string of the molecule is CC(=O)N1c2cc(C)cc(C)c2CC1C.Cl. The molecule has 0 saturated heterocycles. The zero-order valence-corrected chi connectivity index (χ0v) is 11.0. The largest absolute Gasteiger partial charge is 0.309 e. The lowest BCUT2D eigenvalue weighted by Crippen LogP contribution is -2.33. The fourth-order valence-electron chi connectivity index (χ4n) is 2.56.